The number of carbonyl (C=O) groups is 2. The SMILES string of the molecule is CC(=O)NC(C)C(C)SCC(N)=O. The molecule has 0 aliphatic rings. The molecule has 0 spiro atoms. The van der Waals surface area contributed by atoms with E-state index in [2.05, 4.69) is 5.32 Å². The van der Waals surface area contributed by atoms with Crippen molar-refractivity contribution in [2.24, 2.45) is 5.73 Å². The van der Waals surface area contributed by atoms with Crippen molar-refractivity contribution in [2.75, 3.05) is 5.75 Å². The van der Waals surface area contributed by atoms with Crippen LogP contribution in [-0.4, -0.2) is 28.9 Å². The van der Waals surface area contributed by atoms with Crippen molar-refractivity contribution < 1.29 is 9.59 Å². The van der Waals surface area contributed by atoms with Crippen LogP contribution in [0.3, 0.4) is 0 Å². The second-order valence-electron chi connectivity index (χ2n) is 2.97. The summed E-state index contributed by atoms with van der Waals surface area (Å²) in [6.07, 6.45) is 0. The molecule has 2 amide bonds. The zero-order valence-electron chi connectivity index (χ0n) is 8.16. The molecule has 0 bridgehead atoms. The first kappa shape index (κ1) is 12.3. The summed E-state index contributed by atoms with van der Waals surface area (Å²) in [4.78, 5) is 21.1. The summed E-state index contributed by atoms with van der Waals surface area (Å²) in [6.45, 7) is 5.33. The van der Waals surface area contributed by atoms with Crippen LogP contribution < -0.4 is 11.1 Å². The predicted octanol–water partition coefficient (Wildman–Crippen LogP) is 0.118. The Morgan fingerprint density at radius 1 is 1.46 bits per heavy atom. The molecule has 3 N–H and O–H groups in total. The second-order valence-corrected chi connectivity index (χ2v) is 4.34. The number of nitrogens with one attached hydrogen (secondary N) is 1. The highest BCUT2D eigenvalue weighted by atomic mass is 32.2. The number of carbonyl (C=O) groups excluding carboxylic acids is 2. The van der Waals surface area contributed by atoms with Gasteiger partial charge in [0.1, 0.15) is 0 Å². The van der Waals surface area contributed by atoms with Gasteiger partial charge in [-0.25, -0.2) is 0 Å². The van der Waals surface area contributed by atoms with Crippen LogP contribution in [0.2, 0.25) is 0 Å². The van der Waals surface area contributed by atoms with Gasteiger partial charge in [0.2, 0.25) is 11.8 Å². The third-order valence-electron chi connectivity index (χ3n) is 1.62. The van der Waals surface area contributed by atoms with Crippen molar-refractivity contribution in [2.45, 2.75) is 32.1 Å². The van der Waals surface area contributed by atoms with E-state index in [1.54, 1.807) is 0 Å². The largest absolute Gasteiger partial charge is 0.369 e. The van der Waals surface area contributed by atoms with E-state index < -0.39 is 0 Å². The molecule has 2 unspecified atom stereocenters. The Hall–Kier alpha value is -0.710. The van der Waals surface area contributed by atoms with Gasteiger partial charge in [-0.1, -0.05) is 6.92 Å². The Kier molecular flexibility index (Phi) is 5.53. The van der Waals surface area contributed by atoms with E-state index >= 15 is 0 Å². The van der Waals surface area contributed by atoms with Crippen molar-refractivity contribution in [3.05, 3.63) is 0 Å². The molecule has 0 aromatic rings. The van der Waals surface area contributed by atoms with Gasteiger partial charge in [0.25, 0.3) is 0 Å². The molecule has 0 aromatic carbocycles. The first-order valence-electron chi connectivity index (χ1n) is 4.10. The van der Waals surface area contributed by atoms with Gasteiger partial charge >= 0.3 is 0 Å². The van der Waals surface area contributed by atoms with Crippen LogP contribution in [0.15, 0.2) is 0 Å². The molecule has 0 saturated heterocycles. The molecule has 5 heteroatoms. The van der Waals surface area contributed by atoms with Gasteiger partial charge in [0, 0.05) is 18.2 Å². The molecule has 4 nitrogen and oxygen atoms in total. The van der Waals surface area contributed by atoms with E-state index in [-0.39, 0.29) is 23.1 Å². The molecule has 0 radical (unpaired) electrons. The van der Waals surface area contributed by atoms with Crippen LogP contribution in [-0.2, 0) is 9.59 Å². The fraction of sp³-hybridized carbons (Fsp3) is 0.750. The van der Waals surface area contributed by atoms with Gasteiger partial charge < -0.3 is 11.1 Å². The van der Waals surface area contributed by atoms with E-state index in [0.717, 1.165) is 0 Å². The zero-order chi connectivity index (χ0) is 10.4. The maximum Gasteiger partial charge on any atom is 0.227 e. The summed E-state index contributed by atoms with van der Waals surface area (Å²) in [5.41, 5.74) is 5.00. The number of nitrogens with two attached hydrogens (primary N) is 1. The van der Waals surface area contributed by atoms with Crippen molar-refractivity contribution >= 4 is 23.6 Å². The van der Waals surface area contributed by atoms with E-state index in [4.69, 9.17) is 5.73 Å². The van der Waals surface area contributed by atoms with Crippen LogP contribution >= 0.6 is 11.8 Å². The number of hydrogen-bond acceptors (Lipinski definition) is 3. The number of thioether (sulfide) groups is 1. The van der Waals surface area contributed by atoms with Crippen LogP contribution in [0.4, 0.5) is 0 Å². The smallest absolute Gasteiger partial charge is 0.227 e. The normalized spacial score (nSPS) is 14.7. The lowest BCUT2D eigenvalue weighted by molar-refractivity contribution is -0.119. The third-order valence-corrected chi connectivity index (χ3v) is 3.01. The van der Waals surface area contributed by atoms with Crippen LogP contribution in [0.5, 0.6) is 0 Å². The molecule has 0 rings (SSSR count). The predicted molar refractivity (Wildman–Crippen MR) is 54.4 cm³/mol. The summed E-state index contributed by atoms with van der Waals surface area (Å²) in [6, 6.07) is 0.0573. The van der Waals surface area contributed by atoms with Crippen molar-refractivity contribution in [1.82, 2.24) is 5.32 Å². The molecule has 13 heavy (non-hydrogen) atoms. The molecule has 0 aliphatic heterocycles. The Balaban J connectivity index is 3.75. The van der Waals surface area contributed by atoms with Gasteiger partial charge in [-0.05, 0) is 6.92 Å². The van der Waals surface area contributed by atoms with E-state index in [9.17, 15) is 9.59 Å². The number of hydrogen-bond donors (Lipinski definition) is 2. The molecular formula is C8H16N2O2S. The lowest BCUT2D eigenvalue weighted by Crippen LogP contribution is -2.37. The Bertz CT molecular complexity index is 197. The standard InChI is InChI=1S/C8H16N2O2S/c1-5(10-7(3)11)6(2)13-4-8(9)12/h5-6H,4H2,1-3H3,(H2,9,12)(H,10,11). The van der Waals surface area contributed by atoms with Gasteiger partial charge in [0.15, 0.2) is 0 Å². The lowest BCUT2D eigenvalue weighted by atomic mass is 10.2. The van der Waals surface area contributed by atoms with Gasteiger partial charge in [-0.15, -0.1) is 11.8 Å². The zero-order valence-corrected chi connectivity index (χ0v) is 8.98. The molecule has 0 fully saturated rings. The highest BCUT2D eigenvalue weighted by molar-refractivity contribution is 8.00. The van der Waals surface area contributed by atoms with E-state index in [1.165, 1.54) is 18.7 Å². The van der Waals surface area contributed by atoms with E-state index in [0.29, 0.717) is 5.75 Å². The minimum absolute atomic E-state index is 0.0565. The molecule has 0 saturated carbocycles. The Morgan fingerprint density at radius 2 is 2.00 bits per heavy atom. The number of rotatable bonds is 5. The minimum atomic E-state index is -0.327. The van der Waals surface area contributed by atoms with Crippen molar-refractivity contribution in [3.63, 3.8) is 0 Å². The molecule has 76 valence electrons. The highest BCUT2D eigenvalue weighted by Crippen LogP contribution is 2.13. The summed E-state index contributed by atoms with van der Waals surface area (Å²) < 4.78 is 0. The second kappa shape index (κ2) is 5.85. The lowest BCUT2D eigenvalue weighted by Gasteiger charge is -2.19. The summed E-state index contributed by atoms with van der Waals surface area (Å²) >= 11 is 1.45. The van der Waals surface area contributed by atoms with Crippen LogP contribution in [0, 0.1) is 0 Å². The Labute approximate surface area is 82.6 Å². The van der Waals surface area contributed by atoms with Gasteiger partial charge in [-0.3, -0.25) is 9.59 Å². The topological polar surface area (TPSA) is 72.2 Å². The third kappa shape index (κ3) is 6.45. The maximum absolute atomic E-state index is 10.7. The first-order valence-corrected chi connectivity index (χ1v) is 5.15. The fourth-order valence-electron chi connectivity index (χ4n) is 0.796. The van der Waals surface area contributed by atoms with Crippen molar-refractivity contribution in [3.8, 4) is 0 Å². The number of primary amides is 1. The molecular weight excluding hydrogens is 188 g/mol. The first-order chi connectivity index (χ1) is 5.93. The van der Waals surface area contributed by atoms with Crippen molar-refractivity contribution in [1.29, 1.82) is 0 Å². The average Bonchev–Trinajstić information content (AvgIpc) is 1.98. The van der Waals surface area contributed by atoms with Gasteiger partial charge in [0.05, 0.1) is 5.75 Å². The summed E-state index contributed by atoms with van der Waals surface area (Å²) in [5.74, 6) is -0.0867. The highest BCUT2D eigenvalue weighted by Gasteiger charge is 2.13. The average molecular weight is 204 g/mol. The fourth-order valence-corrected chi connectivity index (χ4v) is 1.58. The van der Waals surface area contributed by atoms with Crippen LogP contribution in [0.25, 0.3) is 0 Å². The molecule has 0 aliphatic carbocycles. The molecule has 2 atom stereocenters. The Morgan fingerprint density at radius 3 is 2.38 bits per heavy atom. The molecule has 0 aromatic heterocycles. The monoisotopic (exact) mass is 204 g/mol. The quantitative estimate of drug-likeness (QED) is 0.668. The summed E-state index contributed by atoms with van der Waals surface area (Å²) in [5, 5.41) is 2.95. The maximum atomic E-state index is 10.7. The molecule has 0 heterocycles. The summed E-state index contributed by atoms with van der Waals surface area (Å²) in [7, 11) is 0. The number of amides is 2. The van der Waals surface area contributed by atoms with E-state index in [1.807, 2.05) is 13.8 Å². The minimum Gasteiger partial charge on any atom is -0.369 e. The van der Waals surface area contributed by atoms with Crippen LogP contribution in [0.1, 0.15) is 20.8 Å². The van der Waals surface area contributed by atoms with Gasteiger partial charge in [-0.2, -0.15) is 0 Å².